The number of Topliss-reactive ketones (excluding diaryl/α,β-unsaturated/α-hetero) is 1. The number of nitrogens with one attached hydrogen (secondary N) is 1. The van der Waals surface area contributed by atoms with Gasteiger partial charge in [-0.1, -0.05) is 12.1 Å². The molecule has 3 N–H and O–H groups in total. The van der Waals surface area contributed by atoms with Gasteiger partial charge in [0.15, 0.2) is 5.78 Å². The van der Waals surface area contributed by atoms with Crippen molar-refractivity contribution in [3.63, 3.8) is 0 Å². The van der Waals surface area contributed by atoms with Crippen molar-refractivity contribution in [1.82, 2.24) is 5.32 Å². The Morgan fingerprint density at radius 1 is 1.17 bits per heavy atom. The Balaban J connectivity index is 2.66. The number of benzene rings is 1. The van der Waals surface area contributed by atoms with Crippen LogP contribution in [0.4, 0.5) is 4.79 Å². The topological polar surface area (TPSA) is 108 Å². The highest BCUT2D eigenvalue weighted by atomic mass is 16.6. The first kappa shape index (κ1) is 19.5. The van der Waals surface area contributed by atoms with Gasteiger partial charge in [0, 0.05) is 6.42 Å². The summed E-state index contributed by atoms with van der Waals surface area (Å²) < 4.78 is 10.4. The van der Waals surface area contributed by atoms with Crippen LogP contribution in [0, 0.1) is 0 Å². The largest absolute Gasteiger partial charge is 0.486 e. The van der Waals surface area contributed by atoms with Gasteiger partial charge in [0.05, 0.1) is 0 Å². The molecule has 1 aromatic carbocycles. The van der Waals surface area contributed by atoms with E-state index in [1.165, 1.54) is 6.92 Å². The molecule has 7 heteroatoms. The lowest BCUT2D eigenvalue weighted by molar-refractivity contribution is -0.120. The van der Waals surface area contributed by atoms with Crippen LogP contribution in [0.15, 0.2) is 24.3 Å². The molecule has 1 aromatic rings. The number of alkyl carbamates (subject to hydrolysis) is 1. The van der Waals surface area contributed by atoms with Crippen LogP contribution in [0.2, 0.25) is 0 Å². The predicted molar refractivity (Wildman–Crippen MR) is 88.7 cm³/mol. The van der Waals surface area contributed by atoms with Crippen molar-refractivity contribution in [3.8, 4) is 5.75 Å². The molecule has 1 unspecified atom stereocenters. The number of ether oxygens (including phenoxy) is 2. The van der Waals surface area contributed by atoms with Gasteiger partial charge in [0.2, 0.25) is 5.91 Å². The molecule has 7 nitrogen and oxygen atoms in total. The number of amides is 2. The summed E-state index contributed by atoms with van der Waals surface area (Å²) >= 11 is 0. The van der Waals surface area contributed by atoms with E-state index in [4.69, 9.17) is 15.2 Å². The second kappa shape index (κ2) is 8.33. The molecule has 1 rings (SSSR count). The van der Waals surface area contributed by atoms with Crippen molar-refractivity contribution in [2.75, 3.05) is 6.61 Å². The molecule has 0 spiro atoms. The van der Waals surface area contributed by atoms with E-state index in [9.17, 15) is 14.4 Å². The Bertz CT molecular complexity index is 590. The zero-order valence-electron chi connectivity index (χ0n) is 14.4. The third-order valence-electron chi connectivity index (χ3n) is 2.84. The molecule has 0 aliphatic rings. The van der Waals surface area contributed by atoms with Crippen molar-refractivity contribution in [3.05, 3.63) is 29.8 Å². The van der Waals surface area contributed by atoms with E-state index in [0.717, 1.165) is 5.56 Å². The molecular weight excluding hydrogens is 312 g/mol. The molecule has 0 bridgehead atoms. The lowest BCUT2D eigenvalue weighted by Gasteiger charge is -2.22. The highest BCUT2D eigenvalue weighted by Crippen LogP contribution is 2.14. The number of carbonyl (C=O) groups is 3. The first-order valence-corrected chi connectivity index (χ1v) is 7.57. The maximum atomic E-state index is 11.8. The monoisotopic (exact) mass is 336 g/mol. The molecule has 0 aliphatic heterocycles. The van der Waals surface area contributed by atoms with Crippen molar-refractivity contribution >= 4 is 17.8 Å². The van der Waals surface area contributed by atoms with Gasteiger partial charge in [0.1, 0.15) is 24.0 Å². The standard InChI is InChI=1S/C17H24N2O5/c1-11(20)10-23-13-7-5-12(6-8-13)9-14(15(18)21)19-16(22)24-17(2,3)4/h5-8,14H,9-10H2,1-4H3,(H2,18,21)(H,19,22). The summed E-state index contributed by atoms with van der Waals surface area (Å²) in [5.74, 6) is -0.183. The number of nitrogens with two attached hydrogens (primary N) is 1. The lowest BCUT2D eigenvalue weighted by atomic mass is 10.1. The van der Waals surface area contributed by atoms with Gasteiger partial charge in [-0.25, -0.2) is 4.79 Å². The van der Waals surface area contributed by atoms with E-state index in [1.54, 1.807) is 45.0 Å². The minimum absolute atomic E-state index is 0.00343. The van der Waals surface area contributed by atoms with Crippen LogP contribution in [0.5, 0.6) is 5.75 Å². The third kappa shape index (κ3) is 7.62. The van der Waals surface area contributed by atoms with Crippen molar-refractivity contribution < 1.29 is 23.9 Å². The van der Waals surface area contributed by atoms with Gasteiger partial charge in [-0.15, -0.1) is 0 Å². The molecular formula is C17H24N2O5. The first-order valence-electron chi connectivity index (χ1n) is 7.57. The minimum Gasteiger partial charge on any atom is -0.486 e. The number of primary amides is 1. The molecule has 0 aliphatic carbocycles. The Morgan fingerprint density at radius 3 is 2.21 bits per heavy atom. The van der Waals surface area contributed by atoms with E-state index in [0.29, 0.717) is 5.75 Å². The Morgan fingerprint density at radius 2 is 1.75 bits per heavy atom. The Kier molecular flexibility index (Phi) is 6.76. The smallest absolute Gasteiger partial charge is 0.408 e. The summed E-state index contributed by atoms with van der Waals surface area (Å²) in [4.78, 5) is 34.2. The average Bonchev–Trinajstić information content (AvgIpc) is 2.43. The van der Waals surface area contributed by atoms with Crippen LogP contribution in [-0.2, 0) is 20.7 Å². The summed E-state index contributed by atoms with van der Waals surface area (Å²) in [6.45, 7) is 6.63. The first-order chi connectivity index (χ1) is 11.1. The SMILES string of the molecule is CC(=O)COc1ccc(CC(NC(=O)OC(C)(C)C)C(N)=O)cc1. The molecule has 132 valence electrons. The van der Waals surface area contributed by atoms with Gasteiger partial charge in [-0.2, -0.15) is 0 Å². The molecule has 0 fully saturated rings. The van der Waals surface area contributed by atoms with E-state index in [-0.39, 0.29) is 18.8 Å². The van der Waals surface area contributed by atoms with Crippen LogP contribution >= 0.6 is 0 Å². The molecule has 24 heavy (non-hydrogen) atoms. The second-order valence-electron chi connectivity index (χ2n) is 6.44. The molecule has 1 atom stereocenters. The molecule has 2 amide bonds. The maximum Gasteiger partial charge on any atom is 0.408 e. The van der Waals surface area contributed by atoms with Gasteiger partial charge < -0.3 is 20.5 Å². The fraction of sp³-hybridized carbons (Fsp3) is 0.471. The number of rotatable bonds is 7. The van der Waals surface area contributed by atoms with Crippen molar-refractivity contribution in [1.29, 1.82) is 0 Å². The Labute approximate surface area is 141 Å². The minimum atomic E-state index is -0.885. The fourth-order valence-corrected chi connectivity index (χ4v) is 1.81. The highest BCUT2D eigenvalue weighted by Gasteiger charge is 2.23. The maximum absolute atomic E-state index is 11.8. The van der Waals surface area contributed by atoms with Gasteiger partial charge in [-0.05, 0) is 45.4 Å². The molecule has 0 saturated heterocycles. The molecule has 0 heterocycles. The van der Waals surface area contributed by atoms with Crippen LogP contribution in [0.25, 0.3) is 0 Å². The summed E-state index contributed by atoms with van der Waals surface area (Å²) in [5, 5.41) is 2.46. The number of hydrogen-bond acceptors (Lipinski definition) is 5. The van der Waals surface area contributed by atoms with Gasteiger partial charge in [-0.3, -0.25) is 9.59 Å². The van der Waals surface area contributed by atoms with Crippen LogP contribution < -0.4 is 15.8 Å². The van der Waals surface area contributed by atoms with E-state index < -0.39 is 23.6 Å². The number of hydrogen-bond donors (Lipinski definition) is 2. The van der Waals surface area contributed by atoms with Crippen molar-refractivity contribution in [2.24, 2.45) is 5.73 Å². The second-order valence-corrected chi connectivity index (χ2v) is 6.44. The van der Waals surface area contributed by atoms with E-state index in [1.807, 2.05) is 0 Å². The van der Waals surface area contributed by atoms with Crippen LogP contribution in [0.1, 0.15) is 33.3 Å². The normalized spacial score (nSPS) is 12.2. The fourth-order valence-electron chi connectivity index (χ4n) is 1.81. The lowest BCUT2D eigenvalue weighted by Crippen LogP contribution is -2.47. The highest BCUT2D eigenvalue weighted by molar-refractivity contribution is 5.84. The molecule has 0 radical (unpaired) electrons. The third-order valence-corrected chi connectivity index (χ3v) is 2.84. The summed E-state index contributed by atoms with van der Waals surface area (Å²) in [6, 6.07) is 5.96. The van der Waals surface area contributed by atoms with E-state index in [2.05, 4.69) is 5.32 Å². The summed E-state index contributed by atoms with van der Waals surface area (Å²) in [7, 11) is 0. The van der Waals surface area contributed by atoms with Gasteiger partial charge in [0.25, 0.3) is 0 Å². The molecule has 0 saturated carbocycles. The quantitative estimate of drug-likeness (QED) is 0.786. The zero-order chi connectivity index (χ0) is 18.3. The van der Waals surface area contributed by atoms with Crippen LogP contribution in [-0.4, -0.2) is 36.0 Å². The summed E-state index contributed by atoms with van der Waals surface area (Å²) in [5.41, 5.74) is 5.45. The van der Waals surface area contributed by atoms with Crippen LogP contribution in [0.3, 0.4) is 0 Å². The number of ketones is 1. The Hall–Kier alpha value is -2.57. The predicted octanol–water partition coefficient (Wildman–Crippen LogP) is 1.58. The van der Waals surface area contributed by atoms with Crippen molar-refractivity contribution in [2.45, 2.75) is 45.8 Å². The van der Waals surface area contributed by atoms with Gasteiger partial charge >= 0.3 is 6.09 Å². The molecule has 0 aromatic heterocycles. The number of carbonyl (C=O) groups excluding carboxylic acids is 3. The summed E-state index contributed by atoms with van der Waals surface area (Å²) in [6.07, 6.45) is -0.477. The zero-order valence-corrected chi connectivity index (χ0v) is 14.4. The van der Waals surface area contributed by atoms with E-state index >= 15 is 0 Å². The average molecular weight is 336 g/mol.